The molecule has 1 aromatic carbocycles. The average molecular weight is 488 g/mol. The fourth-order valence-electron chi connectivity index (χ4n) is 4.69. The van der Waals surface area contributed by atoms with E-state index in [9.17, 15) is 19.2 Å². The molecule has 2 aliphatic rings. The molecule has 0 radical (unpaired) electrons. The molecule has 0 unspecified atom stereocenters. The van der Waals surface area contributed by atoms with Crippen molar-refractivity contribution in [1.82, 2.24) is 20.5 Å². The van der Waals surface area contributed by atoms with Crippen molar-refractivity contribution in [2.45, 2.75) is 36.6 Å². The summed E-state index contributed by atoms with van der Waals surface area (Å²) in [4.78, 5) is 55.3. The molecule has 0 spiro atoms. The molecule has 1 aromatic heterocycles. The van der Waals surface area contributed by atoms with Crippen LogP contribution in [0.3, 0.4) is 0 Å². The smallest absolute Gasteiger partial charge is 0.271 e. The van der Waals surface area contributed by atoms with Crippen LogP contribution in [-0.2, 0) is 14.4 Å². The maximum Gasteiger partial charge on any atom is 0.271 e. The molecule has 0 aliphatic carbocycles. The van der Waals surface area contributed by atoms with Crippen LogP contribution in [0.15, 0.2) is 24.3 Å². The molecule has 4 rings (SSSR count). The molecule has 10 nitrogen and oxygen atoms in total. The number of thioether (sulfide) groups is 1. The average Bonchev–Trinajstić information content (AvgIpc) is 3.55. The summed E-state index contributed by atoms with van der Waals surface area (Å²) in [5, 5.41) is 6.28. The van der Waals surface area contributed by atoms with E-state index >= 15 is 0 Å². The van der Waals surface area contributed by atoms with Gasteiger partial charge in [-0.3, -0.25) is 19.2 Å². The maximum atomic E-state index is 13.5. The van der Waals surface area contributed by atoms with Crippen molar-refractivity contribution in [1.29, 1.82) is 0 Å². The zero-order valence-corrected chi connectivity index (χ0v) is 19.9. The summed E-state index contributed by atoms with van der Waals surface area (Å²) in [6.45, 7) is 0.940. The summed E-state index contributed by atoms with van der Waals surface area (Å²) in [5.74, 6) is -1.32. The molecule has 4 atom stereocenters. The molecule has 0 bridgehead atoms. The Bertz CT molecular complexity index is 1120. The van der Waals surface area contributed by atoms with Crippen molar-refractivity contribution in [2.75, 3.05) is 26.5 Å². The van der Waals surface area contributed by atoms with Crippen LogP contribution >= 0.6 is 11.8 Å². The largest absolute Gasteiger partial charge is 0.496 e. The van der Waals surface area contributed by atoms with E-state index < -0.39 is 23.9 Å². The van der Waals surface area contributed by atoms with Crippen LogP contribution in [0, 0.1) is 5.92 Å². The lowest BCUT2D eigenvalue weighted by molar-refractivity contribution is -0.131. The number of carbonyl (C=O) groups excluding carboxylic acids is 4. The van der Waals surface area contributed by atoms with Gasteiger partial charge in [-0.15, -0.1) is 0 Å². The third-order valence-corrected chi connectivity index (χ3v) is 7.59. The van der Waals surface area contributed by atoms with Gasteiger partial charge in [0.1, 0.15) is 23.5 Å². The monoisotopic (exact) mass is 487 g/mol. The molecular weight excluding hydrogens is 458 g/mol. The number of aromatic nitrogens is 1. The minimum Gasteiger partial charge on any atom is -0.496 e. The number of rotatable bonds is 8. The molecule has 2 fully saturated rings. The van der Waals surface area contributed by atoms with Crippen molar-refractivity contribution in [2.24, 2.45) is 11.7 Å². The first-order chi connectivity index (χ1) is 16.3. The van der Waals surface area contributed by atoms with Gasteiger partial charge in [0.25, 0.3) is 5.91 Å². The summed E-state index contributed by atoms with van der Waals surface area (Å²) < 4.78 is 5.38. The van der Waals surface area contributed by atoms with Crippen molar-refractivity contribution in [3.8, 4) is 5.75 Å². The predicted octanol–water partition coefficient (Wildman–Crippen LogP) is 0.619. The number of carbonyl (C=O) groups is 4. The van der Waals surface area contributed by atoms with E-state index in [-0.39, 0.29) is 29.4 Å². The van der Waals surface area contributed by atoms with Gasteiger partial charge in [-0.2, -0.15) is 11.8 Å². The number of hydrogen-bond donors (Lipinski definition) is 4. The number of benzene rings is 1. The standard InChI is InChI=1S/C23H29N5O5S/c1-33-19-5-3-4-15-14(19)10-17(26-15)23(32)28-11-13(34-2)9-18(28)22(31)27-16(20(24)29)8-12-6-7-25-21(12)30/h3-5,10,12-13,16,18,26H,6-9,11H2,1-2H3,(H2,24,29)(H,25,30)(H,27,31)/t12-,13+,16-,18-/m0/s1. The lowest BCUT2D eigenvalue weighted by Gasteiger charge is -2.26. The second-order valence-corrected chi connectivity index (χ2v) is 9.79. The minimum atomic E-state index is -0.982. The van der Waals surface area contributed by atoms with Crippen molar-refractivity contribution in [3.05, 3.63) is 30.0 Å². The Morgan fingerprint density at radius 2 is 2.15 bits per heavy atom. The molecule has 2 aliphatic heterocycles. The molecule has 182 valence electrons. The van der Waals surface area contributed by atoms with E-state index in [0.29, 0.717) is 37.4 Å². The van der Waals surface area contributed by atoms with Crippen LogP contribution in [0.4, 0.5) is 0 Å². The van der Waals surface area contributed by atoms with Crippen LogP contribution in [-0.4, -0.2) is 77.3 Å². The number of primary amides is 1. The molecule has 11 heteroatoms. The molecule has 4 amide bonds. The molecule has 0 saturated carbocycles. The fraction of sp³-hybridized carbons (Fsp3) is 0.478. The third kappa shape index (κ3) is 4.70. The number of methoxy groups -OCH3 is 1. The van der Waals surface area contributed by atoms with Crippen LogP contribution in [0.5, 0.6) is 5.75 Å². The Morgan fingerprint density at radius 3 is 2.79 bits per heavy atom. The van der Waals surface area contributed by atoms with Gasteiger partial charge < -0.3 is 31.0 Å². The Hall–Kier alpha value is -3.21. The number of hydrogen-bond acceptors (Lipinski definition) is 6. The number of nitrogens with two attached hydrogens (primary N) is 1. The molecule has 3 heterocycles. The highest BCUT2D eigenvalue weighted by atomic mass is 32.2. The number of ether oxygens (including phenoxy) is 1. The van der Waals surface area contributed by atoms with Crippen molar-refractivity contribution < 1.29 is 23.9 Å². The van der Waals surface area contributed by atoms with Gasteiger partial charge in [-0.05, 0) is 43.7 Å². The summed E-state index contributed by atoms with van der Waals surface area (Å²) >= 11 is 1.58. The maximum absolute atomic E-state index is 13.5. The summed E-state index contributed by atoms with van der Waals surface area (Å²) in [5.41, 5.74) is 6.64. The number of likely N-dealkylation sites (tertiary alicyclic amines) is 1. The van der Waals surface area contributed by atoms with Gasteiger partial charge in [0.05, 0.1) is 7.11 Å². The molecule has 34 heavy (non-hydrogen) atoms. The number of nitrogens with one attached hydrogen (secondary N) is 3. The lowest BCUT2D eigenvalue weighted by Crippen LogP contribution is -2.53. The number of aromatic amines is 1. The predicted molar refractivity (Wildman–Crippen MR) is 128 cm³/mol. The summed E-state index contributed by atoms with van der Waals surface area (Å²) in [6.07, 6.45) is 3.12. The minimum absolute atomic E-state index is 0.0752. The normalized spacial score (nSPS) is 23.1. The molecule has 2 saturated heterocycles. The van der Waals surface area contributed by atoms with Gasteiger partial charge >= 0.3 is 0 Å². The Kier molecular flexibility index (Phi) is 7.01. The van der Waals surface area contributed by atoms with E-state index in [1.165, 1.54) is 4.90 Å². The van der Waals surface area contributed by atoms with Gasteiger partial charge in [0, 0.05) is 35.2 Å². The number of fused-ring (bicyclic) bond motifs is 1. The number of amides is 4. The number of H-pyrrole nitrogens is 1. The second kappa shape index (κ2) is 9.96. The van der Waals surface area contributed by atoms with Crippen molar-refractivity contribution in [3.63, 3.8) is 0 Å². The Labute approximate surface area is 201 Å². The van der Waals surface area contributed by atoms with Crippen LogP contribution in [0.1, 0.15) is 29.8 Å². The van der Waals surface area contributed by atoms with Crippen molar-refractivity contribution >= 4 is 46.3 Å². The topological polar surface area (TPSA) is 147 Å². The first kappa shape index (κ1) is 23.9. The van der Waals surface area contributed by atoms with E-state index in [0.717, 1.165) is 10.9 Å². The molecular formula is C23H29N5O5S. The highest BCUT2D eigenvalue weighted by molar-refractivity contribution is 7.99. The van der Waals surface area contributed by atoms with E-state index in [4.69, 9.17) is 10.5 Å². The first-order valence-electron chi connectivity index (χ1n) is 11.2. The van der Waals surface area contributed by atoms with Gasteiger partial charge in [-0.25, -0.2) is 0 Å². The Morgan fingerprint density at radius 1 is 1.35 bits per heavy atom. The summed E-state index contributed by atoms with van der Waals surface area (Å²) in [6, 6.07) is 5.49. The lowest BCUT2D eigenvalue weighted by atomic mass is 9.97. The van der Waals surface area contributed by atoms with Crippen LogP contribution in [0.25, 0.3) is 10.9 Å². The van der Waals surface area contributed by atoms with E-state index in [2.05, 4.69) is 15.6 Å². The fourth-order valence-corrected chi connectivity index (χ4v) is 5.37. The number of nitrogens with zero attached hydrogens (tertiary/aromatic N) is 1. The summed E-state index contributed by atoms with van der Waals surface area (Å²) in [7, 11) is 1.57. The first-order valence-corrected chi connectivity index (χ1v) is 12.5. The molecule has 2 aromatic rings. The second-order valence-electron chi connectivity index (χ2n) is 8.65. The van der Waals surface area contributed by atoms with E-state index in [1.807, 2.05) is 24.5 Å². The van der Waals surface area contributed by atoms with Gasteiger partial charge in [0.2, 0.25) is 17.7 Å². The highest BCUT2D eigenvalue weighted by Gasteiger charge is 2.41. The van der Waals surface area contributed by atoms with Gasteiger partial charge in [0.15, 0.2) is 0 Å². The van der Waals surface area contributed by atoms with Crippen LogP contribution in [0.2, 0.25) is 0 Å². The molecule has 5 N–H and O–H groups in total. The Balaban J connectivity index is 1.53. The quantitative estimate of drug-likeness (QED) is 0.429. The van der Waals surface area contributed by atoms with Gasteiger partial charge in [-0.1, -0.05) is 6.07 Å². The zero-order valence-electron chi connectivity index (χ0n) is 19.1. The SMILES string of the molecule is COc1cccc2[nH]c(C(=O)N3C[C@H](SC)C[C@H]3C(=O)N[C@@H](C[C@@H]3CCNC3=O)C(N)=O)cc12. The zero-order chi connectivity index (χ0) is 24.4. The van der Waals surface area contributed by atoms with E-state index in [1.54, 1.807) is 24.9 Å². The highest BCUT2D eigenvalue weighted by Crippen LogP contribution is 2.31. The third-order valence-electron chi connectivity index (χ3n) is 6.58. The van der Waals surface area contributed by atoms with Crippen LogP contribution < -0.4 is 21.1 Å².